The lowest BCUT2D eigenvalue weighted by Gasteiger charge is -2.13. The second-order valence-corrected chi connectivity index (χ2v) is 8.21. The van der Waals surface area contributed by atoms with Gasteiger partial charge in [-0.3, -0.25) is 14.4 Å². The Balaban J connectivity index is 1.32. The van der Waals surface area contributed by atoms with E-state index in [0.29, 0.717) is 22.7 Å². The molecule has 3 aromatic carbocycles. The summed E-state index contributed by atoms with van der Waals surface area (Å²) in [6.45, 7) is 1.41. The van der Waals surface area contributed by atoms with Crippen LogP contribution in [-0.2, 0) is 20.8 Å². The number of rotatable bonds is 9. The molecule has 188 valence electrons. The van der Waals surface area contributed by atoms with Crippen LogP contribution in [0.25, 0.3) is 6.08 Å². The maximum atomic E-state index is 12.8. The fourth-order valence-electron chi connectivity index (χ4n) is 3.69. The monoisotopic (exact) mass is 498 g/mol. The van der Waals surface area contributed by atoms with Gasteiger partial charge in [-0.25, -0.2) is 9.69 Å². The Morgan fingerprint density at radius 2 is 1.59 bits per heavy atom. The average molecular weight is 499 g/mol. The van der Waals surface area contributed by atoms with Crippen molar-refractivity contribution in [1.29, 1.82) is 0 Å². The lowest BCUT2D eigenvalue weighted by Crippen LogP contribution is -2.38. The van der Waals surface area contributed by atoms with Crippen LogP contribution < -0.4 is 20.7 Å². The molecule has 37 heavy (non-hydrogen) atoms. The molecule has 1 aliphatic heterocycles. The molecule has 1 aliphatic rings. The zero-order valence-electron chi connectivity index (χ0n) is 20.2. The molecule has 1 saturated heterocycles. The molecule has 0 aliphatic carbocycles. The Bertz CT molecular complexity index is 1340. The number of carbonyl (C=O) groups excluding carboxylic acids is 4. The van der Waals surface area contributed by atoms with E-state index in [0.717, 1.165) is 16.9 Å². The van der Waals surface area contributed by atoms with Crippen LogP contribution in [0.15, 0.2) is 84.6 Å². The van der Waals surface area contributed by atoms with Gasteiger partial charge in [-0.1, -0.05) is 55.5 Å². The summed E-state index contributed by atoms with van der Waals surface area (Å²) in [4.78, 5) is 50.5. The van der Waals surface area contributed by atoms with Gasteiger partial charge in [0.1, 0.15) is 18.0 Å². The first-order valence-electron chi connectivity index (χ1n) is 11.7. The third-order valence-electron chi connectivity index (χ3n) is 5.55. The first-order chi connectivity index (χ1) is 17.9. The molecule has 3 N–H and O–H groups in total. The van der Waals surface area contributed by atoms with E-state index in [1.54, 1.807) is 48.5 Å². The van der Waals surface area contributed by atoms with Crippen LogP contribution in [0.4, 0.5) is 16.2 Å². The van der Waals surface area contributed by atoms with Crippen molar-refractivity contribution in [3.8, 4) is 5.75 Å². The number of hydrogen-bond donors (Lipinski definition) is 3. The number of amides is 5. The Hall–Kier alpha value is -4.92. The van der Waals surface area contributed by atoms with Gasteiger partial charge in [-0.15, -0.1) is 0 Å². The van der Waals surface area contributed by atoms with E-state index < -0.39 is 24.4 Å². The van der Waals surface area contributed by atoms with Crippen LogP contribution in [0.2, 0.25) is 0 Å². The van der Waals surface area contributed by atoms with Crippen LogP contribution >= 0.6 is 0 Å². The molecule has 0 saturated carbocycles. The highest BCUT2D eigenvalue weighted by molar-refractivity contribution is 6.16. The molecule has 4 rings (SSSR count). The van der Waals surface area contributed by atoms with Crippen molar-refractivity contribution in [2.24, 2.45) is 0 Å². The smallest absolute Gasteiger partial charge is 0.329 e. The van der Waals surface area contributed by atoms with Crippen LogP contribution in [0.5, 0.6) is 5.75 Å². The van der Waals surface area contributed by atoms with Crippen molar-refractivity contribution >= 4 is 41.2 Å². The van der Waals surface area contributed by atoms with Crippen molar-refractivity contribution in [3.63, 3.8) is 0 Å². The number of carbonyl (C=O) groups is 4. The largest absolute Gasteiger partial charge is 0.484 e. The van der Waals surface area contributed by atoms with E-state index in [1.165, 1.54) is 6.08 Å². The number of nitrogens with zero attached hydrogens (tertiary/aromatic N) is 1. The lowest BCUT2D eigenvalue weighted by atomic mass is 10.1. The fraction of sp³-hybridized carbons (Fsp3) is 0.143. The number of para-hydroxylation sites is 2. The van der Waals surface area contributed by atoms with Crippen LogP contribution in [0.3, 0.4) is 0 Å². The summed E-state index contributed by atoms with van der Waals surface area (Å²) < 4.78 is 5.51. The quantitative estimate of drug-likeness (QED) is 0.307. The molecule has 3 aromatic rings. The maximum Gasteiger partial charge on any atom is 0.329 e. The predicted molar refractivity (Wildman–Crippen MR) is 140 cm³/mol. The number of ether oxygens (including phenoxy) is 1. The van der Waals surface area contributed by atoms with Gasteiger partial charge in [0.25, 0.3) is 11.8 Å². The van der Waals surface area contributed by atoms with Crippen LogP contribution in [0.1, 0.15) is 18.1 Å². The molecule has 0 radical (unpaired) electrons. The Labute approximate surface area is 214 Å². The normalized spacial score (nSPS) is 13.9. The second kappa shape index (κ2) is 11.7. The highest BCUT2D eigenvalue weighted by Crippen LogP contribution is 2.19. The number of benzene rings is 3. The molecule has 1 heterocycles. The minimum Gasteiger partial charge on any atom is -0.484 e. The lowest BCUT2D eigenvalue weighted by molar-refractivity contribution is -0.127. The molecule has 9 nitrogen and oxygen atoms in total. The van der Waals surface area contributed by atoms with E-state index >= 15 is 0 Å². The second-order valence-electron chi connectivity index (χ2n) is 8.21. The van der Waals surface area contributed by atoms with Gasteiger partial charge < -0.3 is 20.7 Å². The summed E-state index contributed by atoms with van der Waals surface area (Å²) in [6.07, 6.45) is 2.24. The van der Waals surface area contributed by atoms with Gasteiger partial charge in [-0.05, 0) is 54.0 Å². The summed E-state index contributed by atoms with van der Waals surface area (Å²) in [5, 5.41) is 8.00. The number of aryl methyl sites for hydroxylation is 1. The van der Waals surface area contributed by atoms with Crippen molar-refractivity contribution in [3.05, 3.63) is 95.7 Å². The predicted octanol–water partition coefficient (Wildman–Crippen LogP) is 3.80. The SMILES string of the molecule is CCc1ccccc1NC(=O)CN1C(=O)N/C(=C/c2ccc(OCC(=O)Nc3ccccc3)cc2)C1=O. The number of nitrogens with one attached hydrogen (secondary N) is 3. The highest BCUT2D eigenvalue weighted by atomic mass is 16.5. The van der Waals surface area contributed by atoms with Gasteiger partial charge in [0, 0.05) is 11.4 Å². The first kappa shape index (κ1) is 25.2. The summed E-state index contributed by atoms with van der Waals surface area (Å²) in [6, 6.07) is 22.4. The summed E-state index contributed by atoms with van der Waals surface area (Å²) in [7, 11) is 0. The summed E-state index contributed by atoms with van der Waals surface area (Å²) >= 11 is 0. The van der Waals surface area contributed by atoms with Gasteiger partial charge in [0.05, 0.1) is 0 Å². The zero-order chi connectivity index (χ0) is 26.2. The number of hydrogen-bond acceptors (Lipinski definition) is 5. The molecule has 9 heteroatoms. The van der Waals surface area contributed by atoms with Crippen LogP contribution in [0, 0.1) is 0 Å². The molecule has 0 atom stereocenters. The van der Waals surface area contributed by atoms with Crippen LogP contribution in [-0.4, -0.2) is 41.8 Å². The van der Waals surface area contributed by atoms with Crippen molar-refractivity contribution in [2.75, 3.05) is 23.8 Å². The van der Waals surface area contributed by atoms with Crippen molar-refractivity contribution in [2.45, 2.75) is 13.3 Å². The van der Waals surface area contributed by atoms with E-state index in [-0.39, 0.29) is 18.2 Å². The third kappa shape index (κ3) is 6.61. The molecule has 0 unspecified atom stereocenters. The van der Waals surface area contributed by atoms with Gasteiger partial charge >= 0.3 is 6.03 Å². The molecule has 5 amide bonds. The molecular formula is C28H26N4O5. The van der Waals surface area contributed by atoms with Crippen molar-refractivity contribution in [1.82, 2.24) is 10.2 Å². The highest BCUT2D eigenvalue weighted by Gasteiger charge is 2.35. The molecule has 0 aromatic heterocycles. The summed E-state index contributed by atoms with van der Waals surface area (Å²) in [5.41, 5.74) is 2.98. The average Bonchev–Trinajstić information content (AvgIpc) is 3.16. The Kier molecular flexibility index (Phi) is 7.95. The number of imide groups is 1. The minimum absolute atomic E-state index is 0.0580. The van der Waals surface area contributed by atoms with E-state index in [1.807, 2.05) is 37.3 Å². The maximum absolute atomic E-state index is 12.8. The first-order valence-corrected chi connectivity index (χ1v) is 11.7. The summed E-state index contributed by atoms with van der Waals surface area (Å²) in [5.74, 6) is -0.887. The standard InChI is InChI=1S/C28H26N4O5/c1-2-20-8-6-7-11-23(20)30-25(33)17-32-27(35)24(31-28(32)36)16-19-12-14-22(15-13-19)37-18-26(34)29-21-9-4-3-5-10-21/h3-16H,2,17-18H2,1H3,(H,29,34)(H,30,33)(H,31,36)/b24-16+. The molecule has 0 spiro atoms. The van der Waals surface area contributed by atoms with E-state index in [4.69, 9.17) is 4.74 Å². The number of urea groups is 1. The third-order valence-corrected chi connectivity index (χ3v) is 5.55. The molecular weight excluding hydrogens is 472 g/mol. The molecule has 0 bridgehead atoms. The topological polar surface area (TPSA) is 117 Å². The number of anilines is 2. The van der Waals surface area contributed by atoms with Gasteiger partial charge in [0.2, 0.25) is 5.91 Å². The van der Waals surface area contributed by atoms with Crippen molar-refractivity contribution < 1.29 is 23.9 Å². The zero-order valence-corrected chi connectivity index (χ0v) is 20.2. The van der Waals surface area contributed by atoms with Gasteiger partial charge in [-0.2, -0.15) is 0 Å². The fourth-order valence-corrected chi connectivity index (χ4v) is 3.69. The minimum atomic E-state index is -0.667. The Morgan fingerprint density at radius 1 is 0.892 bits per heavy atom. The van der Waals surface area contributed by atoms with E-state index in [2.05, 4.69) is 16.0 Å². The van der Waals surface area contributed by atoms with E-state index in [9.17, 15) is 19.2 Å². The van der Waals surface area contributed by atoms with Gasteiger partial charge in [0.15, 0.2) is 6.61 Å². The Morgan fingerprint density at radius 3 is 2.32 bits per heavy atom. The molecule has 1 fully saturated rings.